The van der Waals surface area contributed by atoms with Crippen LogP contribution in [0.2, 0.25) is 10.0 Å². The van der Waals surface area contributed by atoms with Crippen LogP contribution in [-0.4, -0.2) is 30.4 Å². The highest BCUT2D eigenvalue weighted by Gasteiger charge is 2.17. The van der Waals surface area contributed by atoms with Crippen molar-refractivity contribution in [3.63, 3.8) is 0 Å². The van der Waals surface area contributed by atoms with E-state index in [1.165, 1.54) is 18.2 Å². The summed E-state index contributed by atoms with van der Waals surface area (Å²) in [5.41, 5.74) is 1.02. The van der Waals surface area contributed by atoms with Gasteiger partial charge in [0, 0.05) is 17.3 Å². The smallest absolute Gasteiger partial charge is 0.258 e. The maximum absolute atomic E-state index is 12.6. The molecule has 3 aromatic rings. The maximum Gasteiger partial charge on any atom is 0.258 e. The molecule has 0 aliphatic rings. The van der Waals surface area contributed by atoms with Crippen LogP contribution >= 0.6 is 23.2 Å². The average molecular weight is 424 g/mol. The van der Waals surface area contributed by atoms with Gasteiger partial charge in [-0.3, -0.25) is 4.79 Å². The molecule has 1 heterocycles. The second-order valence-electron chi connectivity index (χ2n) is 5.87. The van der Waals surface area contributed by atoms with Crippen molar-refractivity contribution in [3.05, 3.63) is 75.9 Å². The molecule has 6 nitrogen and oxygen atoms in total. The molecular formula is C18H15Cl2N3O3S. The van der Waals surface area contributed by atoms with E-state index in [1.54, 1.807) is 29.1 Å². The van der Waals surface area contributed by atoms with Gasteiger partial charge in [0.15, 0.2) is 9.84 Å². The predicted octanol–water partition coefficient (Wildman–Crippen LogP) is 3.89. The third-order valence-electron chi connectivity index (χ3n) is 3.81. The molecule has 0 spiro atoms. The van der Waals surface area contributed by atoms with Gasteiger partial charge >= 0.3 is 0 Å². The fraction of sp³-hybridized carbons (Fsp3) is 0.111. The van der Waals surface area contributed by atoms with Crippen molar-refractivity contribution in [1.82, 2.24) is 9.78 Å². The number of hydrogen-bond donors (Lipinski definition) is 1. The molecule has 0 atom stereocenters. The van der Waals surface area contributed by atoms with E-state index in [1.807, 2.05) is 12.1 Å². The molecular weight excluding hydrogens is 409 g/mol. The number of carbonyl (C=O) groups excluding carboxylic acids is 1. The molecule has 0 radical (unpaired) electrons. The number of amides is 1. The van der Waals surface area contributed by atoms with Crippen LogP contribution in [0.5, 0.6) is 0 Å². The van der Waals surface area contributed by atoms with Gasteiger partial charge in [0.2, 0.25) is 0 Å². The lowest BCUT2D eigenvalue weighted by atomic mass is 10.2. The van der Waals surface area contributed by atoms with Crippen LogP contribution in [0, 0.1) is 0 Å². The van der Waals surface area contributed by atoms with Crippen LogP contribution in [0.3, 0.4) is 0 Å². The first kappa shape index (κ1) is 19.4. The number of anilines is 1. The molecule has 140 valence electrons. The van der Waals surface area contributed by atoms with Crippen molar-refractivity contribution in [3.8, 4) is 0 Å². The SMILES string of the molecule is CS(=O)(=O)c1ccc(Cl)c(C(=O)Nc2ccnn2Cc2ccc(Cl)cc2)c1. The summed E-state index contributed by atoms with van der Waals surface area (Å²) >= 11 is 12.0. The highest BCUT2D eigenvalue weighted by Crippen LogP contribution is 2.22. The second-order valence-corrected chi connectivity index (χ2v) is 8.73. The van der Waals surface area contributed by atoms with E-state index >= 15 is 0 Å². The molecule has 2 aromatic carbocycles. The number of sulfone groups is 1. The summed E-state index contributed by atoms with van der Waals surface area (Å²) in [6.45, 7) is 0.427. The van der Waals surface area contributed by atoms with E-state index in [2.05, 4.69) is 10.4 Å². The van der Waals surface area contributed by atoms with Gasteiger partial charge in [-0.15, -0.1) is 0 Å². The first-order valence-electron chi connectivity index (χ1n) is 7.81. The van der Waals surface area contributed by atoms with Gasteiger partial charge in [-0.25, -0.2) is 13.1 Å². The van der Waals surface area contributed by atoms with Crippen LogP contribution in [0.4, 0.5) is 5.82 Å². The molecule has 1 aromatic heterocycles. The third kappa shape index (κ3) is 4.68. The summed E-state index contributed by atoms with van der Waals surface area (Å²) in [5, 5.41) is 7.70. The minimum absolute atomic E-state index is 0.0201. The lowest BCUT2D eigenvalue weighted by Gasteiger charge is -2.11. The number of aromatic nitrogens is 2. The van der Waals surface area contributed by atoms with E-state index in [9.17, 15) is 13.2 Å². The van der Waals surface area contributed by atoms with E-state index in [0.29, 0.717) is 17.4 Å². The Morgan fingerprint density at radius 1 is 1.11 bits per heavy atom. The number of halogens is 2. The molecule has 0 aliphatic carbocycles. The van der Waals surface area contributed by atoms with Gasteiger partial charge in [0.25, 0.3) is 5.91 Å². The van der Waals surface area contributed by atoms with Gasteiger partial charge in [0.05, 0.1) is 28.2 Å². The van der Waals surface area contributed by atoms with Gasteiger partial charge in [-0.05, 0) is 35.9 Å². The van der Waals surface area contributed by atoms with Crippen LogP contribution in [0.25, 0.3) is 0 Å². The lowest BCUT2D eigenvalue weighted by Crippen LogP contribution is -2.17. The Balaban J connectivity index is 1.83. The zero-order chi connectivity index (χ0) is 19.6. The van der Waals surface area contributed by atoms with Crippen LogP contribution in [-0.2, 0) is 16.4 Å². The number of rotatable bonds is 5. The van der Waals surface area contributed by atoms with Gasteiger partial charge in [-0.1, -0.05) is 35.3 Å². The summed E-state index contributed by atoms with van der Waals surface area (Å²) in [6.07, 6.45) is 2.62. The molecule has 0 bridgehead atoms. The second kappa shape index (κ2) is 7.72. The van der Waals surface area contributed by atoms with E-state index in [4.69, 9.17) is 23.2 Å². The molecule has 0 saturated carbocycles. The Morgan fingerprint density at radius 2 is 1.81 bits per heavy atom. The summed E-state index contributed by atoms with van der Waals surface area (Å²) < 4.78 is 25.0. The summed E-state index contributed by atoms with van der Waals surface area (Å²) in [7, 11) is -3.46. The lowest BCUT2D eigenvalue weighted by molar-refractivity contribution is 0.102. The molecule has 1 N–H and O–H groups in total. The Hall–Kier alpha value is -2.35. The molecule has 27 heavy (non-hydrogen) atoms. The van der Waals surface area contributed by atoms with Crippen molar-refractivity contribution in [2.24, 2.45) is 0 Å². The van der Waals surface area contributed by atoms with E-state index < -0.39 is 15.7 Å². The van der Waals surface area contributed by atoms with Crippen molar-refractivity contribution in [2.45, 2.75) is 11.4 Å². The minimum Gasteiger partial charge on any atom is -0.307 e. The number of nitrogens with one attached hydrogen (secondary N) is 1. The minimum atomic E-state index is -3.46. The molecule has 0 aliphatic heterocycles. The average Bonchev–Trinajstić information content (AvgIpc) is 3.03. The van der Waals surface area contributed by atoms with Crippen molar-refractivity contribution >= 4 is 44.8 Å². The van der Waals surface area contributed by atoms with Crippen LogP contribution < -0.4 is 5.32 Å². The molecule has 9 heteroatoms. The normalized spacial score (nSPS) is 11.4. The Kier molecular flexibility index (Phi) is 5.55. The van der Waals surface area contributed by atoms with Gasteiger partial charge in [0.1, 0.15) is 5.82 Å². The molecule has 3 rings (SSSR count). The number of hydrogen-bond acceptors (Lipinski definition) is 4. The maximum atomic E-state index is 12.6. The Morgan fingerprint density at radius 3 is 2.48 bits per heavy atom. The van der Waals surface area contributed by atoms with Crippen molar-refractivity contribution in [1.29, 1.82) is 0 Å². The zero-order valence-electron chi connectivity index (χ0n) is 14.2. The number of nitrogens with zero attached hydrogens (tertiary/aromatic N) is 2. The monoisotopic (exact) mass is 423 g/mol. The van der Waals surface area contributed by atoms with Gasteiger partial charge in [-0.2, -0.15) is 5.10 Å². The number of benzene rings is 2. The Bertz CT molecular complexity index is 1090. The fourth-order valence-electron chi connectivity index (χ4n) is 2.42. The first-order valence-corrected chi connectivity index (χ1v) is 10.5. The topological polar surface area (TPSA) is 81.1 Å². The van der Waals surface area contributed by atoms with Crippen LogP contribution in [0.1, 0.15) is 15.9 Å². The predicted molar refractivity (Wildman–Crippen MR) is 105 cm³/mol. The quantitative estimate of drug-likeness (QED) is 0.674. The zero-order valence-corrected chi connectivity index (χ0v) is 16.5. The molecule has 0 saturated heterocycles. The first-order chi connectivity index (χ1) is 12.7. The molecule has 0 unspecified atom stereocenters. The van der Waals surface area contributed by atoms with Crippen molar-refractivity contribution in [2.75, 3.05) is 11.6 Å². The summed E-state index contributed by atoms with van der Waals surface area (Å²) in [6, 6.07) is 12.9. The van der Waals surface area contributed by atoms with Crippen LogP contribution in [0.15, 0.2) is 59.6 Å². The summed E-state index contributed by atoms with van der Waals surface area (Å²) in [4.78, 5) is 12.6. The van der Waals surface area contributed by atoms with Crippen molar-refractivity contribution < 1.29 is 13.2 Å². The largest absolute Gasteiger partial charge is 0.307 e. The number of carbonyl (C=O) groups is 1. The highest BCUT2D eigenvalue weighted by molar-refractivity contribution is 7.90. The standard InChI is InChI=1S/C18H15Cl2N3O3S/c1-27(25,26)14-6-7-16(20)15(10-14)18(24)22-17-8-9-21-23(17)11-12-2-4-13(19)5-3-12/h2-10H,11H2,1H3,(H,22,24). The third-order valence-corrected chi connectivity index (χ3v) is 5.51. The Labute approximate surface area is 166 Å². The van der Waals surface area contributed by atoms with E-state index in [-0.39, 0.29) is 15.5 Å². The summed E-state index contributed by atoms with van der Waals surface area (Å²) in [5.74, 6) is -0.0702. The van der Waals surface area contributed by atoms with Gasteiger partial charge < -0.3 is 5.32 Å². The van der Waals surface area contributed by atoms with E-state index in [0.717, 1.165) is 11.8 Å². The molecule has 0 fully saturated rings. The highest BCUT2D eigenvalue weighted by atomic mass is 35.5. The fourth-order valence-corrected chi connectivity index (χ4v) is 3.40. The molecule has 1 amide bonds.